The Morgan fingerprint density at radius 1 is 1.22 bits per heavy atom. The number of piperidine rings is 2. The number of piperazine rings is 1. The summed E-state index contributed by atoms with van der Waals surface area (Å²) >= 11 is 0. The average molecular weight is 258 g/mol. The van der Waals surface area contributed by atoms with Gasteiger partial charge in [0.15, 0.2) is 0 Å². The lowest BCUT2D eigenvalue weighted by atomic mass is 9.93. The van der Waals surface area contributed by atoms with E-state index in [1.807, 2.05) is 4.90 Å². The van der Waals surface area contributed by atoms with Crippen molar-refractivity contribution in [3.05, 3.63) is 18.0 Å². The normalized spacial score (nSPS) is 27.6. The topological polar surface area (TPSA) is 41.1 Å². The first-order chi connectivity index (χ1) is 8.54. The van der Waals surface area contributed by atoms with Crippen LogP contribution in [0.2, 0.25) is 0 Å². The monoisotopic (exact) mass is 258 g/mol. The Morgan fingerprint density at radius 3 is 2.39 bits per heavy atom. The Morgan fingerprint density at radius 2 is 1.94 bits per heavy atom. The van der Waals surface area contributed by atoms with Gasteiger partial charge in [0.05, 0.1) is 5.56 Å². The van der Waals surface area contributed by atoms with Gasteiger partial charge in [0, 0.05) is 37.6 Å². The van der Waals surface area contributed by atoms with Crippen molar-refractivity contribution in [2.24, 2.45) is 0 Å². The molecule has 0 saturated carbocycles. The molecule has 3 fully saturated rings. The molecule has 18 heavy (non-hydrogen) atoms. The molecule has 2 atom stereocenters. The van der Waals surface area contributed by atoms with Crippen LogP contribution in [-0.2, 0) is 6.18 Å². The first-order valence-electron chi connectivity index (χ1n) is 5.93. The lowest BCUT2D eigenvalue weighted by Crippen LogP contribution is -2.61. The molecule has 4 rings (SSSR count). The summed E-state index contributed by atoms with van der Waals surface area (Å²) in [7, 11) is 0. The lowest BCUT2D eigenvalue weighted by molar-refractivity contribution is -0.138. The van der Waals surface area contributed by atoms with Crippen molar-refractivity contribution in [3.63, 3.8) is 0 Å². The Kier molecular flexibility index (Phi) is 2.65. The number of fused-ring (bicyclic) bond motifs is 3. The summed E-state index contributed by atoms with van der Waals surface area (Å²) in [5, 5.41) is 3.38. The van der Waals surface area contributed by atoms with E-state index in [0.717, 1.165) is 38.3 Å². The summed E-state index contributed by atoms with van der Waals surface area (Å²) < 4.78 is 37.2. The number of hydrogen-bond acceptors (Lipinski definition) is 4. The van der Waals surface area contributed by atoms with Gasteiger partial charge in [-0.05, 0) is 12.8 Å². The van der Waals surface area contributed by atoms with Gasteiger partial charge < -0.3 is 10.2 Å². The maximum Gasteiger partial charge on any atom is 0.419 e. The van der Waals surface area contributed by atoms with E-state index in [1.54, 1.807) is 0 Å². The zero-order valence-corrected chi connectivity index (χ0v) is 9.61. The molecule has 98 valence electrons. The third kappa shape index (κ3) is 2.03. The molecule has 1 N–H and O–H groups in total. The van der Waals surface area contributed by atoms with E-state index in [4.69, 9.17) is 0 Å². The molecular formula is C11H13F3N4. The van der Waals surface area contributed by atoms with Crippen molar-refractivity contribution in [1.29, 1.82) is 0 Å². The summed E-state index contributed by atoms with van der Waals surface area (Å²) in [4.78, 5) is 9.71. The molecule has 0 aromatic carbocycles. The van der Waals surface area contributed by atoms with Crippen molar-refractivity contribution in [1.82, 2.24) is 15.3 Å². The number of nitrogens with zero attached hydrogens (tertiary/aromatic N) is 3. The van der Waals surface area contributed by atoms with E-state index in [0.29, 0.717) is 18.0 Å². The molecule has 4 nitrogen and oxygen atoms in total. The van der Waals surface area contributed by atoms with Gasteiger partial charge in [-0.2, -0.15) is 13.2 Å². The Balaban J connectivity index is 1.81. The molecule has 0 aliphatic carbocycles. The molecule has 4 heterocycles. The van der Waals surface area contributed by atoms with Crippen LogP contribution in [0.3, 0.4) is 0 Å². The zero-order valence-electron chi connectivity index (χ0n) is 9.61. The minimum atomic E-state index is -4.37. The van der Waals surface area contributed by atoms with Crippen molar-refractivity contribution in [3.8, 4) is 0 Å². The van der Waals surface area contributed by atoms with E-state index in [-0.39, 0.29) is 0 Å². The molecule has 1 aromatic rings. The van der Waals surface area contributed by atoms with Gasteiger partial charge in [-0.25, -0.2) is 9.97 Å². The number of alkyl halides is 3. The first kappa shape index (κ1) is 11.7. The van der Waals surface area contributed by atoms with E-state index in [1.165, 1.54) is 0 Å². The molecule has 0 radical (unpaired) electrons. The largest absolute Gasteiger partial charge is 0.419 e. The molecule has 0 spiro atoms. The van der Waals surface area contributed by atoms with Crippen LogP contribution >= 0.6 is 0 Å². The van der Waals surface area contributed by atoms with Crippen LogP contribution < -0.4 is 10.2 Å². The van der Waals surface area contributed by atoms with E-state index < -0.39 is 11.7 Å². The van der Waals surface area contributed by atoms with Gasteiger partial charge >= 0.3 is 6.18 Å². The first-order valence-corrected chi connectivity index (χ1v) is 5.93. The van der Waals surface area contributed by atoms with Gasteiger partial charge in [-0.3, -0.25) is 0 Å². The third-order valence-electron chi connectivity index (χ3n) is 3.57. The van der Waals surface area contributed by atoms with Crippen LogP contribution in [0.4, 0.5) is 19.1 Å². The van der Waals surface area contributed by atoms with E-state index in [2.05, 4.69) is 15.3 Å². The van der Waals surface area contributed by atoms with Crippen LogP contribution in [-0.4, -0.2) is 35.1 Å². The van der Waals surface area contributed by atoms with Crippen molar-refractivity contribution in [2.45, 2.75) is 31.1 Å². The fourth-order valence-electron chi connectivity index (χ4n) is 2.57. The summed E-state index contributed by atoms with van der Waals surface area (Å²) in [6, 6.07) is 0.702. The molecule has 1 aromatic heterocycles. The fraction of sp³-hybridized carbons (Fsp3) is 0.636. The highest BCUT2D eigenvalue weighted by atomic mass is 19.4. The average Bonchev–Trinajstić information content (AvgIpc) is 2.39. The Bertz CT molecular complexity index is 423. The lowest BCUT2D eigenvalue weighted by Gasteiger charge is -2.45. The summed E-state index contributed by atoms with van der Waals surface area (Å²) in [5.41, 5.74) is -0.799. The second-order valence-electron chi connectivity index (χ2n) is 4.76. The highest BCUT2D eigenvalue weighted by molar-refractivity contribution is 5.35. The van der Waals surface area contributed by atoms with Gasteiger partial charge in [-0.15, -0.1) is 0 Å². The highest BCUT2D eigenvalue weighted by Gasteiger charge is 2.36. The minimum absolute atomic E-state index is 0.298. The number of halogens is 3. The second-order valence-corrected chi connectivity index (χ2v) is 4.76. The number of nitrogens with one attached hydrogen (secondary N) is 1. The minimum Gasteiger partial charge on any atom is -0.335 e. The third-order valence-corrected chi connectivity index (χ3v) is 3.57. The van der Waals surface area contributed by atoms with Crippen LogP contribution in [0.25, 0.3) is 0 Å². The predicted molar refractivity (Wildman–Crippen MR) is 59.2 cm³/mol. The second kappa shape index (κ2) is 4.08. The number of hydrogen-bond donors (Lipinski definition) is 1. The molecule has 0 amide bonds. The smallest absolute Gasteiger partial charge is 0.335 e. The molecular weight excluding hydrogens is 245 g/mol. The van der Waals surface area contributed by atoms with Crippen LogP contribution in [0.15, 0.2) is 12.4 Å². The van der Waals surface area contributed by atoms with Crippen LogP contribution in [0, 0.1) is 0 Å². The van der Waals surface area contributed by atoms with Crippen LogP contribution in [0.5, 0.6) is 0 Å². The summed E-state index contributed by atoms with van der Waals surface area (Å²) in [6.07, 6.45) is -0.499. The Labute approximate surface area is 102 Å². The summed E-state index contributed by atoms with van der Waals surface area (Å²) in [6.45, 7) is 1.63. The molecule has 7 heteroatoms. The fourth-order valence-corrected chi connectivity index (χ4v) is 2.57. The van der Waals surface area contributed by atoms with Crippen molar-refractivity contribution >= 4 is 5.95 Å². The van der Waals surface area contributed by atoms with Crippen molar-refractivity contribution in [2.75, 3.05) is 18.0 Å². The SMILES string of the molecule is FC(F)(F)c1cnc(N2C[C@@H]3CC[C@H]2CN3)nc1. The molecule has 3 aliphatic rings. The zero-order chi connectivity index (χ0) is 12.8. The van der Waals surface area contributed by atoms with Crippen LogP contribution in [0.1, 0.15) is 18.4 Å². The maximum atomic E-state index is 12.4. The van der Waals surface area contributed by atoms with Gasteiger partial charge in [0.2, 0.25) is 5.95 Å². The highest BCUT2D eigenvalue weighted by Crippen LogP contribution is 2.30. The van der Waals surface area contributed by atoms with Gasteiger partial charge in [0.25, 0.3) is 0 Å². The van der Waals surface area contributed by atoms with Crippen molar-refractivity contribution < 1.29 is 13.2 Å². The molecule has 2 bridgehead atoms. The number of anilines is 1. The quantitative estimate of drug-likeness (QED) is 0.827. The van der Waals surface area contributed by atoms with E-state index >= 15 is 0 Å². The summed E-state index contributed by atoms with van der Waals surface area (Å²) in [5.74, 6) is 0.402. The van der Waals surface area contributed by atoms with E-state index in [9.17, 15) is 13.2 Å². The molecule has 3 aliphatic heterocycles. The van der Waals surface area contributed by atoms with Gasteiger partial charge in [0.1, 0.15) is 0 Å². The Hall–Kier alpha value is -1.37. The van der Waals surface area contributed by atoms with Gasteiger partial charge in [-0.1, -0.05) is 0 Å². The maximum absolute atomic E-state index is 12.4. The predicted octanol–water partition coefficient (Wildman–Crippen LogP) is 1.44. The number of rotatable bonds is 1. The molecule has 3 saturated heterocycles. The number of aromatic nitrogens is 2. The molecule has 0 unspecified atom stereocenters. The standard InChI is InChI=1S/C11H13F3N4/c12-11(13,14)7-3-16-10(17-4-7)18-6-8-1-2-9(18)5-15-8/h3-4,8-9,15H,1-2,5-6H2/t8-,9-/m0/s1.